The second-order valence-corrected chi connectivity index (χ2v) is 5.53. The molecule has 0 radical (unpaired) electrons. The molecule has 0 unspecified atom stereocenters. The smallest absolute Gasteiger partial charge is 0.142 e. The monoisotopic (exact) mass is 247 g/mol. The molecule has 0 saturated heterocycles. The summed E-state index contributed by atoms with van der Waals surface area (Å²) in [5.74, 6) is 1.89. The van der Waals surface area contributed by atoms with Crippen molar-refractivity contribution in [2.24, 2.45) is 5.92 Å². The Hall–Kier alpha value is -1.18. The van der Waals surface area contributed by atoms with Crippen LogP contribution in [0.3, 0.4) is 0 Å². The molecule has 0 aliphatic heterocycles. The van der Waals surface area contributed by atoms with Crippen molar-refractivity contribution >= 4 is 5.69 Å². The quantitative estimate of drug-likeness (QED) is 0.852. The van der Waals surface area contributed by atoms with E-state index in [2.05, 4.69) is 37.4 Å². The van der Waals surface area contributed by atoms with Gasteiger partial charge in [0.15, 0.2) is 0 Å². The normalized spacial score (nSPS) is 23.7. The lowest BCUT2D eigenvalue weighted by atomic mass is 9.87. The molecule has 0 heterocycles. The maximum absolute atomic E-state index is 5.72. The Morgan fingerprint density at radius 1 is 1.22 bits per heavy atom. The summed E-state index contributed by atoms with van der Waals surface area (Å²) in [7, 11) is 0. The van der Waals surface area contributed by atoms with Crippen molar-refractivity contribution in [3.8, 4) is 5.75 Å². The Labute approximate surface area is 111 Å². The maximum atomic E-state index is 5.72. The van der Waals surface area contributed by atoms with Crippen LogP contribution in [0.25, 0.3) is 0 Å². The van der Waals surface area contributed by atoms with Crippen LogP contribution >= 0.6 is 0 Å². The van der Waals surface area contributed by atoms with Gasteiger partial charge in [-0.2, -0.15) is 0 Å². The highest BCUT2D eigenvalue weighted by Gasteiger charge is 2.18. The van der Waals surface area contributed by atoms with Gasteiger partial charge < -0.3 is 10.1 Å². The first-order valence-electron chi connectivity index (χ1n) is 7.19. The van der Waals surface area contributed by atoms with Gasteiger partial charge in [0.05, 0.1) is 12.3 Å². The lowest BCUT2D eigenvalue weighted by Gasteiger charge is -2.28. The van der Waals surface area contributed by atoms with Crippen molar-refractivity contribution in [3.05, 3.63) is 23.8 Å². The van der Waals surface area contributed by atoms with Gasteiger partial charge in [-0.3, -0.25) is 0 Å². The summed E-state index contributed by atoms with van der Waals surface area (Å²) in [5, 5.41) is 3.66. The van der Waals surface area contributed by atoms with E-state index >= 15 is 0 Å². The standard InChI is InChI=1S/C16H25NO/c1-4-18-16-11-13(3)7-10-15(16)17-14-8-5-12(2)6-9-14/h7,10-12,14,17H,4-6,8-9H2,1-3H3. The summed E-state index contributed by atoms with van der Waals surface area (Å²) >= 11 is 0. The maximum Gasteiger partial charge on any atom is 0.142 e. The minimum Gasteiger partial charge on any atom is -0.492 e. The van der Waals surface area contributed by atoms with Crippen LogP contribution in [0.15, 0.2) is 18.2 Å². The fourth-order valence-corrected chi connectivity index (χ4v) is 2.65. The molecule has 0 spiro atoms. The summed E-state index contributed by atoms with van der Waals surface area (Å²) in [6.45, 7) is 7.22. The van der Waals surface area contributed by atoms with Crippen molar-refractivity contribution < 1.29 is 4.74 Å². The molecular weight excluding hydrogens is 222 g/mol. The minimum absolute atomic E-state index is 0.614. The first kappa shape index (κ1) is 13.3. The zero-order valence-corrected chi connectivity index (χ0v) is 11.8. The molecule has 0 amide bonds. The summed E-state index contributed by atoms with van der Waals surface area (Å²) in [4.78, 5) is 0. The number of benzene rings is 1. The molecule has 18 heavy (non-hydrogen) atoms. The highest BCUT2D eigenvalue weighted by molar-refractivity contribution is 5.58. The van der Waals surface area contributed by atoms with E-state index in [0.717, 1.165) is 24.0 Å². The number of ether oxygens (including phenoxy) is 1. The zero-order chi connectivity index (χ0) is 13.0. The van der Waals surface area contributed by atoms with Crippen LogP contribution in [0.4, 0.5) is 5.69 Å². The first-order chi connectivity index (χ1) is 8.69. The second-order valence-electron chi connectivity index (χ2n) is 5.53. The van der Waals surface area contributed by atoms with Gasteiger partial charge in [-0.15, -0.1) is 0 Å². The van der Waals surface area contributed by atoms with E-state index in [4.69, 9.17) is 4.74 Å². The molecule has 2 nitrogen and oxygen atoms in total. The Balaban J connectivity index is 2.03. The molecule has 1 aromatic rings. The van der Waals surface area contributed by atoms with E-state index in [1.807, 2.05) is 6.92 Å². The molecule has 0 bridgehead atoms. The molecule has 1 fully saturated rings. The molecule has 2 heteroatoms. The van der Waals surface area contributed by atoms with E-state index in [1.165, 1.54) is 31.2 Å². The molecule has 1 N–H and O–H groups in total. The Kier molecular flexibility index (Phi) is 4.51. The number of anilines is 1. The van der Waals surface area contributed by atoms with Gasteiger partial charge in [0, 0.05) is 6.04 Å². The van der Waals surface area contributed by atoms with Gasteiger partial charge in [-0.1, -0.05) is 13.0 Å². The zero-order valence-electron chi connectivity index (χ0n) is 11.8. The van der Waals surface area contributed by atoms with Crippen LogP contribution in [0.2, 0.25) is 0 Å². The summed E-state index contributed by atoms with van der Waals surface area (Å²) in [5.41, 5.74) is 2.41. The fraction of sp³-hybridized carbons (Fsp3) is 0.625. The summed E-state index contributed by atoms with van der Waals surface area (Å²) < 4.78 is 5.72. The van der Waals surface area contributed by atoms with Gasteiger partial charge in [-0.05, 0) is 63.1 Å². The summed E-state index contributed by atoms with van der Waals surface area (Å²) in [6.07, 6.45) is 5.24. The second kappa shape index (κ2) is 6.12. The number of aryl methyl sites for hydroxylation is 1. The van der Waals surface area contributed by atoms with E-state index < -0.39 is 0 Å². The van der Waals surface area contributed by atoms with Gasteiger partial charge in [0.1, 0.15) is 5.75 Å². The third kappa shape index (κ3) is 3.41. The van der Waals surface area contributed by atoms with Crippen LogP contribution < -0.4 is 10.1 Å². The van der Waals surface area contributed by atoms with E-state index in [9.17, 15) is 0 Å². The number of hydrogen-bond donors (Lipinski definition) is 1. The molecule has 1 aliphatic rings. The Morgan fingerprint density at radius 2 is 1.94 bits per heavy atom. The highest BCUT2D eigenvalue weighted by atomic mass is 16.5. The van der Waals surface area contributed by atoms with Crippen LogP contribution in [0, 0.1) is 12.8 Å². The number of rotatable bonds is 4. The number of hydrogen-bond acceptors (Lipinski definition) is 2. The SMILES string of the molecule is CCOc1cc(C)ccc1NC1CCC(C)CC1. The molecule has 0 aromatic heterocycles. The molecule has 1 aliphatic carbocycles. The predicted molar refractivity (Wildman–Crippen MR) is 77.4 cm³/mol. The third-order valence-corrected chi connectivity index (χ3v) is 3.81. The van der Waals surface area contributed by atoms with Crippen LogP contribution in [0.1, 0.15) is 45.1 Å². The van der Waals surface area contributed by atoms with Crippen LogP contribution in [-0.2, 0) is 0 Å². The lowest BCUT2D eigenvalue weighted by Crippen LogP contribution is -2.25. The van der Waals surface area contributed by atoms with E-state index in [1.54, 1.807) is 0 Å². The minimum atomic E-state index is 0.614. The van der Waals surface area contributed by atoms with Gasteiger partial charge >= 0.3 is 0 Å². The average Bonchev–Trinajstić information content (AvgIpc) is 2.36. The van der Waals surface area contributed by atoms with Crippen molar-refractivity contribution in [3.63, 3.8) is 0 Å². The molecular formula is C16H25NO. The number of nitrogens with one attached hydrogen (secondary N) is 1. The van der Waals surface area contributed by atoms with Crippen molar-refractivity contribution in [2.75, 3.05) is 11.9 Å². The van der Waals surface area contributed by atoms with E-state index in [0.29, 0.717) is 6.04 Å². The van der Waals surface area contributed by atoms with Crippen LogP contribution in [-0.4, -0.2) is 12.6 Å². The third-order valence-electron chi connectivity index (χ3n) is 3.81. The Morgan fingerprint density at radius 3 is 2.61 bits per heavy atom. The molecule has 100 valence electrons. The van der Waals surface area contributed by atoms with Crippen molar-refractivity contribution in [1.29, 1.82) is 0 Å². The molecule has 1 aromatic carbocycles. The first-order valence-corrected chi connectivity index (χ1v) is 7.19. The predicted octanol–water partition coefficient (Wildman–Crippen LogP) is 4.38. The molecule has 0 atom stereocenters. The lowest BCUT2D eigenvalue weighted by molar-refractivity contribution is 0.337. The van der Waals surface area contributed by atoms with Crippen LogP contribution in [0.5, 0.6) is 5.75 Å². The van der Waals surface area contributed by atoms with Gasteiger partial charge in [0.25, 0.3) is 0 Å². The summed E-state index contributed by atoms with van der Waals surface area (Å²) in [6, 6.07) is 7.04. The largest absolute Gasteiger partial charge is 0.492 e. The Bertz CT molecular complexity index is 381. The molecule has 2 rings (SSSR count). The molecule has 1 saturated carbocycles. The van der Waals surface area contributed by atoms with Crippen molar-refractivity contribution in [1.82, 2.24) is 0 Å². The van der Waals surface area contributed by atoms with Crippen molar-refractivity contribution in [2.45, 2.75) is 52.5 Å². The van der Waals surface area contributed by atoms with E-state index in [-0.39, 0.29) is 0 Å². The van der Waals surface area contributed by atoms with Gasteiger partial charge in [-0.25, -0.2) is 0 Å². The fourth-order valence-electron chi connectivity index (χ4n) is 2.65. The topological polar surface area (TPSA) is 21.3 Å². The highest BCUT2D eigenvalue weighted by Crippen LogP contribution is 2.31. The van der Waals surface area contributed by atoms with Gasteiger partial charge in [0.2, 0.25) is 0 Å². The average molecular weight is 247 g/mol.